The fourth-order valence-electron chi connectivity index (χ4n) is 3.11. The van der Waals surface area contributed by atoms with Crippen molar-refractivity contribution in [1.29, 1.82) is 0 Å². The van der Waals surface area contributed by atoms with Gasteiger partial charge in [-0.2, -0.15) is 9.37 Å². The van der Waals surface area contributed by atoms with Gasteiger partial charge in [-0.1, -0.05) is 29.8 Å². The van der Waals surface area contributed by atoms with Crippen molar-refractivity contribution in [3.05, 3.63) is 77.7 Å². The number of carbonyl (C=O) groups excluding carboxylic acids is 3. The number of Topliss-reactive ketones (excluding diaryl/α,β-unsaturated/α-hetero) is 1. The molecule has 1 aromatic carbocycles. The van der Waals surface area contributed by atoms with E-state index in [-0.39, 0.29) is 24.0 Å². The Balaban J connectivity index is 1.77. The van der Waals surface area contributed by atoms with E-state index in [1.165, 1.54) is 16.9 Å². The molecule has 0 fully saturated rings. The predicted molar refractivity (Wildman–Crippen MR) is 99.3 cm³/mol. The summed E-state index contributed by atoms with van der Waals surface area (Å²) >= 11 is 5.91. The van der Waals surface area contributed by atoms with Crippen molar-refractivity contribution in [2.75, 3.05) is 11.4 Å². The van der Waals surface area contributed by atoms with E-state index >= 15 is 0 Å². The number of hydrogen-bond acceptors (Lipinski definition) is 4. The normalized spacial score (nSPS) is 18.9. The second-order valence-corrected chi connectivity index (χ2v) is 6.50. The number of allylic oxidation sites excluding steroid dienone is 3. The molecule has 7 heteroatoms. The summed E-state index contributed by atoms with van der Waals surface area (Å²) in [4.78, 5) is 39.6. The summed E-state index contributed by atoms with van der Waals surface area (Å²) in [5.41, 5.74) is 0.865. The minimum absolute atomic E-state index is 0.158. The molecule has 1 unspecified atom stereocenters. The van der Waals surface area contributed by atoms with Gasteiger partial charge in [0.1, 0.15) is 17.3 Å². The van der Waals surface area contributed by atoms with E-state index in [0.717, 1.165) is 4.90 Å². The molecular formula is C20H14ClN2O4+. The van der Waals surface area contributed by atoms with Crippen molar-refractivity contribution in [3.63, 3.8) is 0 Å². The van der Waals surface area contributed by atoms with Crippen LogP contribution in [0, 0.1) is 5.92 Å². The van der Waals surface area contributed by atoms with Gasteiger partial charge in [-0.3, -0.25) is 4.79 Å². The molecule has 4 rings (SSSR count). The Hall–Kier alpha value is -3.25. The standard InChI is InChI=1S/C20H14ClN2O4/c21-13-7-9-14(10-8-13)23-19(25)15-4-1-2-5-16(15)22(20(23)26)12-17(24)18-6-3-11-27-18/h1-11,15H,12H2/q+1. The minimum Gasteiger partial charge on any atom is -0.461 e. The van der Waals surface area contributed by atoms with E-state index in [4.69, 9.17) is 16.0 Å². The van der Waals surface area contributed by atoms with Crippen molar-refractivity contribution in [1.82, 2.24) is 0 Å². The quantitative estimate of drug-likeness (QED) is 0.600. The molecular weight excluding hydrogens is 368 g/mol. The van der Waals surface area contributed by atoms with E-state index in [1.807, 2.05) is 0 Å². The SMILES string of the molecule is O=C(C[N+]1=C2C=CC=CC2C(=O)N(c2ccc(Cl)cc2)C1=O)c1ccco1. The van der Waals surface area contributed by atoms with E-state index in [9.17, 15) is 14.4 Å². The first-order valence-electron chi connectivity index (χ1n) is 8.26. The molecule has 0 N–H and O–H groups in total. The Morgan fingerprint density at radius 3 is 2.63 bits per heavy atom. The Morgan fingerprint density at radius 1 is 1.15 bits per heavy atom. The van der Waals surface area contributed by atoms with Crippen LogP contribution in [0.25, 0.3) is 0 Å². The maximum absolute atomic E-state index is 13.1. The van der Waals surface area contributed by atoms with Gasteiger partial charge in [0.15, 0.2) is 12.3 Å². The molecule has 0 saturated heterocycles. The second-order valence-electron chi connectivity index (χ2n) is 6.07. The Kier molecular flexibility index (Phi) is 4.33. The van der Waals surface area contributed by atoms with Crippen molar-refractivity contribution < 1.29 is 23.4 Å². The zero-order valence-corrected chi connectivity index (χ0v) is 14.8. The van der Waals surface area contributed by atoms with Gasteiger partial charge in [0.25, 0.3) is 0 Å². The number of anilines is 1. The third kappa shape index (κ3) is 3.04. The molecule has 2 aromatic rings. The van der Waals surface area contributed by atoms with Crippen LogP contribution in [0.3, 0.4) is 0 Å². The highest BCUT2D eigenvalue weighted by Gasteiger charge is 2.48. The van der Waals surface area contributed by atoms with Gasteiger partial charge in [0, 0.05) is 5.02 Å². The summed E-state index contributed by atoms with van der Waals surface area (Å²) in [7, 11) is 0. The number of amides is 3. The van der Waals surface area contributed by atoms with E-state index < -0.39 is 11.9 Å². The third-order valence-electron chi connectivity index (χ3n) is 4.40. The lowest BCUT2D eigenvalue weighted by Crippen LogP contribution is -2.55. The zero-order chi connectivity index (χ0) is 19.0. The molecule has 1 aliphatic carbocycles. The Labute approximate surface area is 159 Å². The molecule has 3 amide bonds. The van der Waals surface area contributed by atoms with Gasteiger partial charge < -0.3 is 4.42 Å². The van der Waals surface area contributed by atoms with Crippen molar-refractivity contribution >= 4 is 40.7 Å². The van der Waals surface area contributed by atoms with Crippen LogP contribution in [0.4, 0.5) is 10.5 Å². The number of carbonyl (C=O) groups is 3. The Morgan fingerprint density at radius 2 is 1.93 bits per heavy atom. The van der Waals surface area contributed by atoms with Gasteiger partial charge in [0.2, 0.25) is 5.78 Å². The van der Waals surface area contributed by atoms with Crippen LogP contribution in [0.5, 0.6) is 0 Å². The van der Waals surface area contributed by atoms with Crippen LogP contribution >= 0.6 is 11.6 Å². The molecule has 2 heterocycles. The number of halogens is 1. The number of rotatable bonds is 4. The maximum Gasteiger partial charge on any atom is 0.506 e. The molecule has 1 atom stereocenters. The number of furan rings is 1. The van der Waals surface area contributed by atoms with Crippen LogP contribution < -0.4 is 4.90 Å². The van der Waals surface area contributed by atoms with Gasteiger partial charge in [-0.05, 0) is 42.5 Å². The minimum atomic E-state index is -0.646. The van der Waals surface area contributed by atoms with Crippen LogP contribution in [-0.4, -0.2) is 34.6 Å². The van der Waals surface area contributed by atoms with Crippen LogP contribution in [-0.2, 0) is 4.79 Å². The molecule has 134 valence electrons. The summed E-state index contributed by atoms with van der Waals surface area (Å²) in [6, 6.07) is 8.95. The maximum atomic E-state index is 13.1. The third-order valence-corrected chi connectivity index (χ3v) is 4.66. The lowest BCUT2D eigenvalue weighted by Gasteiger charge is -2.26. The van der Waals surface area contributed by atoms with Gasteiger partial charge in [-0.25, -0.2) is 4.79 Å². The van der Waals surface area contributed by atoms with Crippen LogP contribution in [0.1, 0.15) is 10.6 Å². The molecule has 0 radical (unpaired) electrons. The van der Waals surface area contributed by atoms with Crippen molar-refractivity contribution in [2.24, 2.45) is 5.92 Å². The molecule has 2 aliphatic rings. The highest BCUT2D eigenvalue weighted by Crippen LogP contribution is 2.26. The summed E-state index contributed by atoms with van der Waals surface area (Å²) in [6.07, 6.45) is 8.25. The average Bonchev–Trinajstić information content (AvgIpc) is 3.21. The van der Waals surface area contributed by atoms with Crippen molar-refractivity contribution in [2.45, 2.75) is 0 Å². The summed E-state index contributed by atoms with van der Waals surface area (Å²) < 4.78 is 6.44. The number of imide groups is 1. The van der Waals surface area contributed by atoms with Gasteiger partial charge >= 0.3 is 11.9 Å². The number of ketones is 1. The summed E-state index contributed by atoms with van der Waals surface area (Å²) in [5, 5.41) is 0.494. The fraction of sp³-hybridized carbons (Fsp3) is 0.100. The van der Waals surface area contributed by atoms with E-state index in [2.05, 4.69) is 0 Å². The fourth-order valence-corrected chi connectivity index (χ4v) is 3.23. The molecule has 0 saturated carbocycles. The molecule has 6 nitrogen and oxygen atoms in total. The number of nitrogens with zero attached hydrogens (tertiary/aromatic N) is 2. The van der Waals surface area contributed by atoms with Gasteiger partial charge in [0.05, 0.1) is 6.26 Å². The average molecular weight is 382 g/mol. The lowest BCUT2D eigenvalue weighted by molar-refractivity contribution is -0.413. The lowest BCUT2D eigenvalue weighted by atomic mass is 9.94. The predicted octanol–water partition coefficient (Wildman–Crippen LogP) is 3.48. The summed E-state index contributed by atoms with van der Waals surface area (Å²) in [6.45, 7) is -0.228. The smallest absolute Gasteiger partial charge is 0.461 e. The monoisotopic (exact) mass is 381 g/mol. The highest BCUT2D eigenvalue weighted by molar-refractivity contribution is 6.31. The number of fused-ring (bicyclic) bond motifs is 1. The second kappa shape index (κ2) is 6.81. The molecule has 1 aliphatic heterocycles. The summed E-state index contributed by atoms with van der Waals surface area (Å²) in [5.74, 6) is -1.22. The van der Waals surface area contributed by atoms with Crippen LogP contribution in [0.15, 0.2) is 71.4 Å². The largest absolute Gasteiger partial charge is 0.506 e. The highest BCUT2D eigenvalue weighted by atomic mass is 35.5. The first kappa shape index (κ1) is 17.2. The number of hydrogen-bond donors (Lipinski definition) is 0. The topological polar surface area (TPSA) is 70.6 Å². The first-order valence-corrected chi connectivity index (χ1v) is 8.63. The number of benzene rings is 1. The van der Waals surface area contributed by atoms with E-state index in [0.29, 0.717) is 16.4 Å². The molecule has 27 heavy (non-hydrogen) atoms. The first-order chi connectivity index (χ1) is 13.1. The number of urea groups is 1. The van der Waals surface area contributed by atoms with Crippen molar-refractivity contribution in [3.8, 4) is 0 Å². The van der Waals surface area contributed by atoms with Gasteiger partial charge in [-0.15, -0.1) is 4.90 Å². The molecule has 0 bridgehead atoms. The van der Waals surface area contributed by atoms with E-state index in [1.54, 1.807) is 54.6 Å². The zero-order valence-electron chi connectivity index (χ0n) is 14.0. The Bertz CT molecular complexity index is 1020. The molecule has 0 spiro atoms. The van der Waals surface area contributed by atoms with Crippen LogP contribution in [0.2, 0.25) is 5.02 Å². The molecule has 1 aromatic heterocycles.